The molecule has 0 aromatic heterocycles. The number of benzene rings is 2. The molecule has 2 aromatic rings. The first-order chi connectivity index (χ1) is 13.2. The highest BCUT2D eigenvalue weighted by Gasteiger charge is 2.10. The van der Waals surface area contributed by atoms with Crippen molar-refractivity contribution in [2.24, 2.45) is 0 Å². The molecule has 142 valence electrons. The van der Waals surface area contributed by atoms with Gasteiger partial charge in [0.15, 0.2) is 0 Å². The first kappa shape index (κ1) is 19.2. The number of hydrogen-bond donors (Lipinski definition) is 1. The van der Waals surface area contributed by atoms with E-state index in [0.29, 0.717) is 6.54 Å². The van der Waals surface area contributed by atoms with Gasteiger partial charge < -0.3 is 10.1 Å². The molecule has 1 amide bonds. The lowest BCUT2D eigenvalue weighted by atomic mass is 10.1. The Kier molecular flexibility index (Phi) is 7.05. The maximum Gasteiger partial charge on any atom is 0.244 e. The molecule has 0 radical (unpaired) electrons. The third-order valence-corrected chi connectivity index (χ3v) is 4.87. The predicted molar refractivity (Wildman–Crippen MR) is 109 cm³/mol. The number of carbonyl (C=O) groups is 1. The summed E-state index contributed by atoms with van der Waals surface area (Å²) in [6.07, 6.45) is 7.28. The Labute approximate surface area is 161 Å². The molecule has 4 heteroatoms. The third kappa shape index (κ3) is 5.97. The minimum Gasteiger partial charge on any atom is -0.496 e. The lowest BCUT2D eigenvalue weighted by molar-refractivity contribution is -0.116. The second-order valence-electron chi connectivity index (χ2n) is 6.95. The number of ether oxygens (including phenoxy) is 1. The molecule has 1 aliphatic rings. The number of nitrogens with one attached hydrogen (secondary N) is 1. The van der Waals surface area contributed by atoms with Crippen LogP contribution in [0.25, 0.3) is 6.08 Å². The van der Waals surface area contributed by atoms with Crippen molar-refractivity contribution in [3.05, 3.63) is 71.3 Å². The third-order valence-electron chi connectivity index (χ3n) is 4.87. The van der Waals surface area contributed by atoms with E-state index in [-0.39, 0.29) is 5.91 Å². The predicted octanol–water partition coefficient (Wildman–Crippen LogP) is 4.01. The maximum atomic E-state index is 12.1. The summed E-state index contributed by atoms with van der Waals surface area (Å²) in [5.41, 5.74) is 3.33. The standard InChI is InChI=1S/C23H28N2O2/c1-27-22-11-4-3-10-21(22)12-13-23(26)24-17-19-8-7-9-20(16-19)18-25-14-5-2-6-15-25/h3-4,7-13,16H,2,5-6,14-15,17-18H2,1H3,(H,24,26)/b13-12+. The Morgan fingerprint density at radius 1 is 1.07 bits per heavy atom. The largest absolute Gasteiger partial charge is 0.496 e. The summed E-state index contributed by atoms with van der Waals surface area (Å²) >= 11 is 0. The van der Waals surface area contributed by atoms with Gasteiger partial charge in [-0.15, -0.1) is 0 Å². The first-order valence-electron chi connectivity index (χ1n) is 9.64. The Hall–Kier alpha value is -2.59. The van der Waals surface area contributed by atoms with Crippen molar-refractivity contribution in [3.8, 4) is 5.75 Å². The van der Waals surface area contributed by atoms with Crippen molar-refractivity contribution >= 4 is 12.0 Å². The molecule has 1 saturated heterocycles. The van der Waals surface area contributed by atoms with Gasteiger partial charge >= 0.3 is 0 Å². The highest BCUT2D eigenvalue weighted by Crippen LogP contribution is 2.18. The fraction of sp³-hybridized carbons (Fsp3) is 0.348. The van der Waals surface area contributed by atoms with Gasteiger partial charge in [-0.2, -0.15) is 0 Å². The number of nitrogens with zero attached hydrogens (tertiary/aromatic N) is 1. The molecule has 0 saturated carbocycles. The Balaban J connectivity index is 1.52. The van der Waals surface area contributed by atoms with Gasteiger partial charge in [0.25, 0.3) is 0 Å². The highest BCUT2D eigenvalue weighted by molar-refractivity contribution is 5.92. The molecule has 1 N–H and O–H groups in total. The normalized spacial score (nSPS) is 15.0. The molecule has 0 bridgehead atoms. The van der Waals surface area contributed by atoms with Gasteiger partial charge in [0, 0.05) is 24.7 Å². The number of hydrogen-bond acceptors (Lipinski definition) is 3. The van der Waals surface area contributed by atoms with Crippen LogP contribution in [0.2, 0.25) is 0 Å². The van der Waals surface area contributed by atoms with Gasteiger partial charge in [-0.3, -0.25) is 9.69 Å². The molecule has 4 nitrogen and oxygen atoms in total. The van der Waals surface area contributed by atoms with Crippen LogP contribution in [-0.2, 0) is 17.9 Å². The van der Waals surface area contributed by atoms with Crippen molar-refractivity contribution in [2.75, 3.05) is 20.2 Å². The van der Waals surface area contributed by atoms with Crippen LogP contribution in [0.3, 0.4) is 0 Å². The Morgan fingerprint density at radius 2 is 1.85 bits per heavy atom. The highest BCUT2D eigenvalue weighted by atomic mass is 16.5. The molecule has 0 unspecified atom stereocenters. The van der Waals surface area contributed by atoms with Gasteiger partial charge in [-0.25, -0.2) is 0 Å². The van der Waals surface area contributed by atoms with Crippen molar-refractivity contribution in [1.29, 1.82) is 0 Å². The molecule has 0 atom stereocenters. The van der Waals surface area contributed by atoms with Crippen LogP contribution in [0, 0.1) is 0 Å². The molecule has 3 rings (SSSR count). The number of rotatable bonds is 7. The fourth-order valence-corrected chi connectivity index (χ4v) is 3.43. The van der Waals surface area contributed by atoms with Crippen LogP contribution in [0.1, 0.15) is 36.0 Å². The molecule has 2 aromatic carbocycles. The topological polar surface area (TPSA) is 41.6 Å². The van der Waals surface area contributed by atoms with Crippen molar-refractivity contribution in [1.82, 2.24) is 10.2 Å². The number of carbonyl (C=O) groups excluding carboxylic acids is 1. The summed E-state index contributed by atoms with van der Waals surface area (Å²) in [6.45, 7) is 3.90. The second-order valence-corrected chi connectivity index (χ2v) is 6.95. The van der Waals surface area contributed by atoms with E-state index in [1.54, 1.807) is 19.3 Å². The monoisotopic (exact) mass is 364 g/mol. The summed E-state index contributed by atoms with van der Waals surface area (Å²) < 4.78 is 5.30. The zero-order chi connectivity index (χ0) is 18.9. The summed E-state index contributed by atoms with van der Waals surface area (Å²) in [5, 5.41) is 2.96. The van der Waals surface area contributed by atoms with Crippen LogP contribution in [0.4, 0.5) is 0 Å². The summed E-state index contributed by atoms with van der Waals surface area (Å²) in [6, 6.07) is 16.1. The molecule has 27 heavy (non-hydrogen) atoms. The van der Waals surface area contributed by atoms with E-state index in [9.17, 15) is 4.79 Å². The SMILES string of the molecule is COc1ccccc1/C=C/C(=O)NCc1cccc(CN2CCCCC2)c1. The number of para-hydroxylation sites is 1. The lowest BCUT2D eigenvalue weighted by Gasteiger charge is -2.26. The number of amides is 1. The summed E-state index contributed by atoms with van der Waals surface area (Å²) in [5.74, 6) is 0.648. The van der Waals surface area contributed by atoms with E-state index >= 15 is 0 Å². The minimum absolute atomic E-state index is 0.109. The van der Waals surface area contributed by atoms with Gasteiger partial charge in [-0.05, 0) is 49.2 Å². The molecular formula is C23H28N2O2. The van der Waals surface area contributed by atoms with Crippen molar-refractivity contribution in [3.63, 3.8) is 0 Å². The van der Waals surface area contributed by atoms with E-state index < -0.39 is 0 Å². The van der Waals surface area contributed by atoms with Crippen LogP contribution in [0.15, 0.2) is 54.6 Å². The average molecular weight is 364 g/mol. The number of methoxy groups -OCH3 is 1. The zero-order valence-electron chi connectivity index (χ0n) is 16.0. The smallest absolute Gasteiger partial charge is 0.244 e. The van der Waals surface area contributed by atoms with E-state index in [1.165, 1.54) is 37.9 Å². The van der Waals surface area contributed by atoms with Crippen LogP contribution in [0.5, 0.6) is 5.75 Å². The molecule has 1 fully saturated rings. The fourth-order valence-electron chi connectivity index (χ4n) is 3.43. The Bertz CT molecular complexity index is 779. The molecule has 0 aliphatic carbocycles. The van der Waals surface area contributed by atoms with E-state index in [0.717, 1.165) is 23.4 Å². The Morgan fingerprint density at radius 3 is 2.67 bits per heavy atom. The summed E-state index contributed by atoms with van der Waals surface area (Å²) in [4.78, 5) is 14.7. The molecule has 1 aliphatic heterocycles. The van der Waals surface area contributed by atoms with E-state index in [4.69, 9.17) is 4.74 Å². The van der Waals surface area contributed by atoms with Crippen molar-refractivity contribution < 1.29 is 9.53 Å². The number of likely N-dealkylation sites (tertiary alicyclic amines) is 1. The van der Waals surface area contributed by atoms with Crippen LogP contribution < -0.4 is 10.1 Å². The van der Waals surface area contributed by atoms with Gasteiger partial charge in [0.2, 0.25) is 5.91 Å². The average Bonchev–Trinajstić information content (AvgIpc) is 2.72. The summed E-state index contributed by atoms with van der Waals surface area (Å²) in [7, 11) is 1.63. The van der Waals surface area contributed by atoms with Crippen LogP contribution >= 0.6 is 0 Å². The zero-order valence-corrected chi connectivity index (χ0v) is 16.0. The van der Waals surface area contributed by atoms with E-state index in [1.807, 2.05) is 24.3 Å². The molecule has 1 heterocycles. The quantitative estimate of drug-likeness (QED) is 0.755. The lowest BCUT2D eigenvalue weighted by Crippen LogP contribution is -2.29. The van der Waals surface area contributed by atoms with Crippen molar-refractivity contribution in [2.45, 2.75) is 32.4 Å². The second kappa shape index (κ2) is 9.93. The van der Waals surface area contributed by atoms with E-state index in [2.05, 4.69) is 34.5 Å². The molecule has 0 spiro atoms. The maximum absolute atomic E-state index is 12.1. The van der Waals surface area contributed by atoms with Gasteiger partial charge in [0.05, 0.1) is 7.11 Å². The van der Waals surface area contributed by atoms with Crippen LogP contribution in [-0.4, -0.2) is 31.0 Å². The minimum atomic E-state index is -0.109. The first-order valence-corrected chi connectivity index (χ1v) is 9.64. The van der Waals surface area contributed by atoms with Gasteiger partial charge in [-0.1, -0.05) is 48.9 Å². The number of piperidine rings is 1. The van der Waals surface area contributed by atoms with Gasteiger partial charge in [0.1, 0.15) is 5.75 Å². The molecular weight excluding hydrogens is 336 g/mol.